The third-order valence-corrected chi connectivity index (χ3v) is 7.02. The van der Waals surface area contributed by atoms with E-state index in [1.54, 1.807) is 12.1 Å². The largest absolute Gasteiger partial charge is 0.280 e. The van der Waals surface area contributed by atoms with Crippen LogP contribution in [0.25, 0.3) is 0 Å². The fraction of sp³-hybridized carbons (Fsp3) is 0.235. The van der Waals surface area contributed by atoms with Crippen molar-refractivity contribution in [1.29, 1.82) is 0 Å². The predicted octanol–water partition coefficient (Wildman–Crippen LogP) is 2.17. The van der Waals surface area contributed by atoms with Gasteiger partial charge in [-0.2, -0.15) is 0 Å². The van der Waals surface area contributed by atoms with Gasteiger partial charge in [-0.15, -0.1) is 0 Å². The molecule has 2 aromatic rings. The third-order valence-electron chi connectivity index (χ3n) is 3.93. The van der Waals surface area contributed by atoms with Crippen molar-refractivity contribution >= 4 is 37.3 Å². The highest BCUT2D eigenvalue weighted by Crippen LogP contribution is 2.27. The maximum absolute atomic E-state index is 12.5. The molecule has 1 heterocycles. The van der Waals surface area contributed by atoms with E-state index in [1.807, 2.05) is 19.9 Å². The van der Waals surface area contributed by atoms with Crippen LogP contribution in [-0.2, 0) is 24.8 Å². The minimum absolute atomic E-state index is 0.0237. The summed E-state index contributed by atoms with van der Waals surface area (Å²) in [5.74, 6) is -0.755. The van der Waals surface area contributed by atoms with Crippen LogP contribution in [0, 0.1) is 13.8 Å². The van der Waals surface area contributed by atoms with E-state index >= 15 is 0 Å². The summed E-state index contributed by atoms with van der Waals surface area (Å²) in [6.07, 6.45) is -0.0728. The number of amides is 1. The molecule has 0 aliphatic carbocycles. The lowest BCUT2D eigenvalue weighted by molar-refractivity contribution is -0.116. The van der Waals surface area contributed by atoms with Gasteiger partial charge in [0.05, 0.1) is 16.3 Å². The number of hydrogen-bond acceptors (Lipinski definition) is 5. The van der Waals surface area contributed by atoms with E-state index in [2.05, 4.69) is 4.72 Å². The van der Waals surface area contributed by atoms with Crippen molar-refractivity contribution in [3.8, 4) is 0 Å². The van der Waals surface area contributed by atoms with Crippen molar-refractivity contribution in [3.63, 3.8) is 0 Å². The lowest BCUT2D eigenvalue weighted by Gasteiger charge is -2.15. The number of rotatable bonds is 4. The van der Waals surface area contributed by atoms with E-state index in [4.69, 9.17) is 0 Å². The highest BCUT2D eigenvalue weighted by atomic mass is 32.2. The Balaban J connectivity index is 1.89. The Labute approximate surface area is 152 Å². The average Bonchev–Trinajstić information content (AvgIpc) is 2.79. The molecule has 0 saturated carbocycles. The molecule has 1 saturated heterocycles. The first-order valence-electron chi connectivity index (χ1n) is 7.85. The van der Waals surface area contributed by atoms with E-state index in [-0.39, 0.29) is 22.8 Å². The standard InChI is InChI=1S/C17H18N2O5S2/c1-12-9-13(2)11-14(10-12)18-26(23,24)16-5-3-15(4-6-16)19-17(20)7-8-25(19,21)22/h3-6,9-11,18H,7-8H2,1-2H3. The van der Waals surface area contributed by atoms with Gasteiger partial charge in [-0.3, -0.25) is 9.52 Å². The van der Waals surface area contributed by atoms with Crippen molar-refractivity contribution in [2.45, 2.75) is 25.2 Å². The van der Waals surface area contributed by atoms with Gasteiger partial charge in [-0.25, -0.2) is 21.1 Å². The van der Waals surface area contributed by atoms with Crippen molar-refractivity contribution in [2.24, 2.45) is 0 Å². The molecule has 0 unspecified atom stereocenters. The van der Waals surface area contributed by atoms with Gasteiger partial charge >= 0.3 is 0 Å². The molecule has 1 fully saturated rings. The number of aryl methyl sites for hydroxylation is 2. The lowest BCUT2D eigenvalue weighted by Crippen LogP contribution is -2.29. The van der Waals surface area contributed by atoms with Crippen LogP contribution in [0.1, 0.15) is 17.5 Å². The van der Waals surface area contributed by atoms with Gasteiger partial charge < -0.3 is 0 Å². The van der Waals surface area contributed by atoms with Gasteiger partial charge in [0.2, 0.25) is 15.9 Å². The van der Waals surface area contributed by atoms with Crippen molar-refractivity contribution < 1.29 is 21.6 Å². The highest BCUT2D eigenvalue weighted by Gasteiger charge is 2.36. The van der Waals surface area contributed by atoms with Gasteiger partial charge in [0.25, 0.3) is 10.0 Å². The summed E-state index contributed by atoms with van der Waals surface area (Å²) < 4.78 is 52.2. The number of carbonyl (C=O) groups is 1. The van der Waals surface area contributed by atoms with Crippen LogP contribution in [0.5, 0.6) is 0 Å². The maximum Gasteiger partial charge on any atom is 0.261 e. The van der Waals surface area contributed by atoms with Crippen LogP contribution >= 0.6 is 0 Å². The molecule has 2 aromatic carbocycles. The van der Waals surface area contributed by atoms with Gasteiger partial charge in [-0.1, -0.05) is 6.07 Å². The minimum atomic E-state index is -3.83. The number of nitrogens with one attached hydrogen (secondary N) is 1. The molecule has 1 aliphatic heterocycles. The second-order valence-corrected chi connectivity index (χ2v) is 9.82. The monoisotopic (exact) mass is 394 g/mol. The van der Waals surface area contributed by atoms with Crippen LogP contribution in [-0.4, -0.2) is 28.5 Å². The number of nitrogens with zero attached hydrogens (tertiary/aromatic N) is 1. The predicted molar refractivity (Wildman–Crippen MR) is 99.1 cm³/mol. The number of sulfonamides is 2. The van der Waals surface area contributed by atoms with Crippen LogP contribution < -0.4 is 9.03 Å². The molecule has 0 spiro atoms. The molecule has 3 rings (SSSR count). The first-order chi connectivity index (χ1) is 12.1. The Morgan fingerprint density at radius 2 is 1.58 bits per heavy atom. The fourth-order valence-corrected chi connectivity index (χ4v) is 5.38. The molecule has 138 valence electrons. The maximum atomic E-state index is 12.5. The Morgan fingerprint density at radius 1 is 1.00 bits per heavy atom. The molecular formula is C17H18N2O5S2. The molecule has 0 aromatic heterocycles. The fourth-order valence-electron chi connectivity index (χ4n) is 2.88. The summed E-state index contributed by atoms with van der Waals surface area (Å²) in [6, 6.07) is 10.6. The smallest absolute Gasteiger partial charge is 0.261 e. The SMILES string of the molecule is Cc1cc(C)cc(NS(=O)(=O)c2ccc(N3C(=O)CCS3(=O)=O)cc2)c1. The van der Waals surface area contributed by atoms with Crippen molar-refractivity contribution in [2.75, 3.05) is 14.8 Å². The lowest BCUT2D eigenvalue weighted by atomic mass is 10.1. The molecule has 0 atom stereocenters. The summed E-state index contributed by atoms with van der Waals surface area (Å²) >= 11 is 0. The topological polar surface area (TPSA) is 101 Å². The van der Waals surface area contributed by atoms with Crippen LogP contribution in [0.4, 0.5) is 11.4 Å². The number of hydrogen-bond donors (Lipinski definition) is 1. The molecule has 26 heavy (non-hydrogen) atoms. The number of carbonyl (C=O) groups excluding carboxylic acids is 1. The molecule has 9 heteroatoms. The summed E-state index contributed by atoms with van der Waals surface area (Å²) in [5, 5.41) is 0. The average molecular weight is 394 g/mol. The zero-order valence-electron chi connectivity index (χ0n) is 14.3. The highest BCUT2D eigenvalue weighted by molar-refractivity contribution is 7.94. The number of benzene rings is 2. The quantitative estimate of drug-likeness (QED) is 0.856. The normalized spacial score (nSPS) is 16.7. The third kappa shape index (κ3) is 3.58. The van der Waals surface area contributed by atoms with E-state index in [1.165, 1.54) is 24.3 Å². The Kier molecular flexibility index (Phi) is 4.53. The second kappa shape index (κ2) is 6.40. The molecule has 1 N–H and O–H groups in total. The van der Waals surface area contributed by atoms with Crippen molar-refractivity contribution in [1.82, 2.24) is 0 Å². The molecule has 0 radical (unpaired) electrons. The van der Waals surface area contributed by atoms with Gasteiger partial charge in [-0.05, 0) is 61.4 Å². The summed E-state index contributed by atoms with van der Waals surface area (Å²) in [7, 11) is -7.51. The summed E-state index contributed by atoms with van der Waals surface area (Å²) in [5.41, 5.74) is 2.44. The van der Waals surface area contributed by atoms with Crippen molar-refractivity contribution in [3.05, 3.63) is 53.6 Å². The Bertz CT molecular complexity index is 1050. The van der Waals surface area contributed by atoms with E-state index in [0.29, 0.717) is 5.69 Å². The van der Waals surface area contributed by atoms with Crippen LogP contribution in [0.15, 0.2) is 47.4 Å². The molecule has 1 amide bonds. The summed E-state index contributed by atoms with van der Waals surface area (Å²) in [4.78, 5) is 11.8. The first kappa shape index (κ1) is 18.4. The van der Waals surface area contributed by atoms with Crippen LogP contribution in [0.3, 0.4) is 0 Å². The van der Waals surface area contributed by atoms with E-state index in [0.717, 1.165) is 15.4 Å². The van der Waals surface area contributed by atoms with E-state index in [9.17, 15) is 21.6 Å². The molecular weight excluding hydrogens is 376 g/mol. The molecule has 0 bridgehead atoms. The molecule has 7 nitrogen and oxygen atoms in total. The Hall–Kier alpha value is -2.39. The zero-order valence-corrected chi connectivity index (χ0v) is 15.9. The van der Waals surface area contributed by atoms with Crippen LogP contribution in [0.2, 0.25) is 0 Å². The van der Waals surface area contributed by atoms with Gasteiger partial charge in [0.1, 0.15) is 0 Å². The number of anilines is 2. The minimum Gasteiger partial charge on any atom is -0.280 e. The first-order valence-corrected chi connectivity index (χ1v) is 10.9. The van der Waals surface area contributed by atoms with E-state index < -0.39 is 26.0 Å². The van der Waals surface area contributed by atoms with Gasteiger partial charge in [0, 0.05) is 12.1 Å². The van der Waals surface area contributed by atoms with Gasteiger partial charge in [0.15, 0.2) is 0 Å². The summed E-state index contributed by atoms with van der Waals surface area (Å²) in [6.45, 7) is 3.74. The zero-order chi connectivity index (χ0) is 19.1. The molecule has 1 aliphatic rings. The Morgan fingerprint density at radius 3 is 2.08 bits per heavy atom. The second-order valence-electron chi connectivity index (χ2n) is 6.20.